The molecule has 0 aliphatic rings. The van der Waals surface area contributed by atoms with E-state index < -0.39 is 0 Å². The van der Waals surface area contributed by atoms with E-state index in [4.69, 9.17) is 0 Å². The molecule has 0 atom stereocenters. The summed E-state index contributed by atoms with van der Waals surface area (Å²) in [5, 5.41) is 2.94. The minimum Gasteiger partial charge on any atom is -0.322 e. The van der Waals surface area contributed by atoms with Crippen LogP contribution in [0.3, 0.4) is 0 Å². The lowest BCUT2D eigenvalue weighted by molar-refractivity contribution is 0.102. The van der Waals surface area contributed by atoms with E-state index in [2.05, 4.69) is 32.2 Å². The number of hydrogen-bond donors (Lipinski definition) is 1. The number of aryl methyl sites for hydroxylation is 1. The zero-order valence-electron chi connectivity index (χ0n) is 13.2. The van der Waals surface area contributed by atoms with Crippen molar-refractivity contribution in [1.29, 1.82) is 0 Å². The Labute approximate surface area is 127 Å². The Balaban J connectivity index is 2.12. The van der Waals surface area contributed by atoms with E-state index in [1.807, 2.05) is 49.4 Å². The molecule has 0 aliphatic heterocycles. The highest BCUT2D eigenvalue weighted by Gasteiger charge is 2.13. The molecule has 2 rings (SSSR count). The molecule has 0 saturated heterocycles. The fourth-order valence-corrected chi connectivity index (χ4v) is 2.28. The molecule has 0 fully saturated rings. The van der Waals surface area contributed by atoms with Gasteiger partial charge in [-0.25, -0.2) is 0 Å². The molecule has 21 heavy (non-hydrogen) atoms. The maximum absolute atomic E-state index is 12.3. The second kappa shape index (κ2) is 6.13. The normalized spacial score (nSPS) is 11.2. The molecule has 110 valence electrons. The minimum absolute atomic E-state index is 0.0605. The minimum atomic E-state index is -0.0605. The number of hydrogen-bond acceptors (Lipinski definition) is 1. The molecule has 0 aliphatic carbocycles. The molecule has 0 unspecified atom stereocenters. The van der Waals surface area contributed by atoms with Crippen LogP contribution >= 0.6 is 0 Å². The number of nitrogens with one attached hydrogen (secondary N) is 1. The van der Waals surface area contributed by atoms with Gasteiger partial charge in [0.2, 0.25) is 0 Å². The summed E-state index contributed by atoms with van der Waals surface area (Å²) in [6.07, 6.45) is 0.957. The maximum Gasteiger partial charge on any atom is 0.255 e. The smallest absolute Gasteiger partial charge is 0.255 e. The van der Waals surface area contributed by atoms with Gasteiger partial charge in [0.15, 0.2) is 0 Å². The molecular weight excluding hydrogens is 258 g/mol. The van der Waals surface area contributed by atoms with Crippen LogP contribution in [0.1, 0.15) is 42.3 Å². The maximum atomic E-state index is 12.3. The van der Waals surface area contributed by atoms with E-state index in [1.165, 1.54) is 11.1 Å². The van der Waals surface area contributed by atoms with Crippen molar-refractivity contribution in [3.63, 3.8) is 0 Å². The first-order chi connectivity index (χ1) is 9.83. The van der Waals surface area contributed by atoms with Crippen molar-refractivity contribution >= 4 is 11.6 Å². The summed E-state index contributed by atoms with van der Waals surface area (Å²) in [6, 6.07) is 15.7. The first kappa shape index (κ1) is 15.3. The van der Waals surface area contributed by atoms with Gasteiger partial charge in [0.1, 0.15) is 0 Å². The van der Waals surface area contributed by atoms with Crippen LogP contribution in [0.15, 0.2) is 48.5 Å². The first-order valence-electron chi connectivity index (χ1n) is 7.30. The number of rotatable bonds is 3. The third-order valence-corrected chi connectivity index (χ3v) is 3.23. The number of carbonyl (C=O) groups is 1. The van der Waals surface area contributed by atoms with Crippen molar-refractivity contribution < 1.29 is 4.79 Å². The first-order valence-corrected chi connectivity index (χ1v) is 7.30. The average molecular weight is 281 g/mol. The summed E-state index contributed by atoms with van der Waals surface area (Å²) in [4.78, 5) is 12.3. The average Bonchev–Trinajstić information content (AvgIpc) is 2.40. The summed E-state index contributed by atoms with van der Waals surface area (Å²) in [6.45, 7) is 8.63. The molecule has 1 amide bonds. The van der Waals surface area contributed by atoms with E-state index in [9.17, 15) is 4.79 Å². The molecule has 0 spiro atoms. The Morgan fingerprint density at radius 3 is 2.33 bits per heavy atom. The topological polar surface area (TPSA) is 29.1 Å². The molecule has 0 aromatic heterocycles. The van der Waals surface area contributed by atoms with Crippen LogP contribution in [0.2, 0.25) is 0 Å². The number of amides is 1. The zero-order valence-corrected chi connectivity index (χ0v) is 13.2. The lowest BCUT2D eigenvalue weighted by Gasteiger charge is -2.18. The Morgan fingerprint density at radius 1 is 1.05 bits per heavy atom. The summed E-state index contributed by atoms with van der Waals surface area (Å²) in [5.74, 6) is -0.0605. The van der Waals surface area contributed by atoms with Crippen LogP contribution in [0.5, 0.6) is 0 Å². The lowest BCUT2D eigenvalue weighted by atomic mass is 9.87. The molecule has 1 N–H and O–H groups in total. The summed E-state index contributed by atoms with van der Waals surface area (Å²) < 4.78 is 0. The van der Waals surface area contributed by atoms with Crippen LogP contribution in [0.25, 0.3) is 0 Å². The van der Waals surface area contributed by atoms with Crippen molar-refractivity contribution in [3.8, 4) is 0 Å². The fourth-order valence-electron chi connectivity index (χ4n) is 2.28. The van der Waals surface area contributed by atoms with Crippen molar-refractivity contribution in [2.75, 3.05) is 5.32 Å². The van der Waals surface area contributed by atoms with Crippen molar-refractivity contribution in [2.45, 2.75) is 34.1 Å². The SMILES string of the molecule is Cc1ccc(NC(=O)c2cccc(CC(C)(C)C)c2)cc1. The second-order valence-corrected chi connectivity index (χ2v) is 6.76. The van der Waals surface area contributed by atoms with E-state index in [1.54, 1.807) is 0 Å². The zero-order chi connectivity index (χ0) is 15.5. The van der Waals surface area contributed by atoms with E-state index in [-0.39, 0.29) is 11.3 Å². The quantitative estimate of drug-likeness (QED) is 0.857. The van der Waals surface area contributed by atoms with Crippen molar-refractivity contribution in [3.05, 3.63) is 65.2 Å². The van der Waals surface area contributed by atoms with Gasteiger partial charge in [0, 0.05) is 11.3 Å². The van der Waals surface area contributed by atoms with E-state index >= 15 is 0 Å². The summed E-state index contributed by atoms with van der Waals surface area (Å²) >= 11 is 0. The largest absolute Gasteiger partial charge is 0.322 e. The molecule has 2 heteroatoms. The van der Waals surface area contributed by atoms with Crippen molar-refractivity contribution in [2.24, 2.45) is 5.41 Å². The van der Waals surface area contributed by atoms with E-state index in [0.29, 0.717) is 5.56 Å². The lowest BCUT2D eigenvalue weighted by Crippen LogP contribution is -2.13. The van der Waals surface area contributed by atoms with Crippen LogP contribution in [-0.4, -0.2) is 5.91 Å². The monoisotopic (exact) mass is 281 g/mol. The molecule has 0 heterocycles. The predicted molar refractivity (Wildman–Crippen MR) is 88.7 cm³/mol. The second-order valence-electron chi connectivity index (χ2n) is 6.76. The van der Waals surface area contributed by atoms with Crippen LogP contribution < -0.4 is 5.32 Å². The number of anilines is 1. The molecule has 2 aromatic carbocycles. The van der Waals surface area contributed by atoms with Gasteiger partial charge in [-0.1, -0.05) is 50.6 Å². The van der Waals surface area contributed by atoms with Gasteiger partial charge in [0.25, 0.3) is 5.91 Å². The van der Waals surface area contributed by atoms with Gasteiger partial charge in [-0.05, 0) is 48.6 Å². The third kappa shape index (κ3) is 4.75. The molecule has 2 aromatic rings. The van der Waals surface area contributed by atoms with Crippen LogP contribution in [0.4, 0.5) is 5.69 Å². The van der Waals surface area contributed by atoms with Gasteiger partial charge in [0.05, 0.1) is 0 Å². The van der Waals surface area contributed by atoms with Gasteiger partial charge in [-0.15, -0.1) is 0 Å². The predicted octanol–water partition coefficient (Wildman–Crippen LogP) is 4.84. The highest BCUT2D eigenvalue weighted by molar-refractivity contribution is 6.04. The van der Waals surface area contributed by atoms with Gasteiger partial charge in [-0.2, -0.15) is 0 Å². The number of benzene rings is 2. The third-order valence-electron chi connectivity index (χ3n) is 3.23. The number of carbonyl (C=O) groups excluding carboxylic acids is 1. The Hall–Kier alpha value is -2.09. The van der Waals surface area contributed by atoms with Crippen LogP contribution in [-0.2, 0) is 6.42 Å². The Bertz CT molecular complexity index is 621. The molecular formula is C19H23NO. The Morgan fingerprint density at radius 2 is 1.71 bits per heavy atom. The van der Waals surface area contributed by atoms with E-state index in [0.717, 1.165) is 12.1 Å². The molecule has 2 nitrogen and oxygen atoms in total. The van der Waals surface area contributed by atoms with Crippen molar-refractivity contribution in [1.82, 2.24) is 0 Å². The molecule has 0 saturated carbocycles. The van der Waals surface area contributed by atoms with Gasteiger partial charge < -0.3 is 5.32 Å². The summed E-state index contributed by atoms with van der Waals surface area (Å²) in [7, 11) is 0. The molecule has 0 radical (unpaired) electrons. The Kier molecular flexibility index (Phi) is 4.46. The van der Waals surface area contributed by atoms with Crippen LogP contribution in [0, 0.1) is 12.3 Å². The standard InChI is InChI=1S/C19H23NO/c1-14-8-10-17(11-9-14)20-18(21)16-7-5-6-15(12-16)13-19(2,3)4/h5-12H,13H2,1-4H3,(H,20,21). The van der Waals surface area contributed by atoms with Gasteiger partial charge >= 0.3 is 0 Å². The highest BCUT2D eigenvalue weighted by Crippen LogP contribution is 2.21. The molecule has 0 bridgehead atoms. The fraction of sp³-hybridized carbons (Fsp3) is 0.316. The summed E-state index contributed by atoms with van der Waals surface area (Å²) in [5.41, 5.74) is 4.12. The highest BCUT2D eigenvalue weighted by atomic mass is 16.1. The van der Waals surface area contributed by atoms with Gasteiger partial charge in [-0.3, -0.25) is 4.79 Å².